The number of phenols is 1. The Kier molecular flexibility index (Phi) is 2.53. The number of aromatic nitrogens is 3. The number of aromatic hydroxyl groups is 1. The highest BCUT2D eigenvalue weighted by Crippen LogP contribution is 2.34. The first-order valence-corrected chi connectivity index (χ1v) is 6.06. The first kappa shape index (κ1) is 12.3. The number of hydrogen-bond donors (Lipinski definition) is 3. The summed E-state index contributed by atoms with van der Waals surface area (Å²) in [4.78, 5) is 10.9. The van der Waals surface area contributed by atoms with Crippen LogP contribution in [0.3, 0.4) is 0 Å². The largest absolute Gasteiger partial charge is 0.508 e. The monoisotopic (exact) mass is 271 g/mol. The Hall–Kier alpha value is -2.76. The van der Waals surface area contributed by atoms with Gasteiger partial charge in [0, 0.05) is 29.2 Å². The lowest BCUT2D eigenvalue weighted by molar-refractivity contribution is 0.0690. The van der Waals surface area contributed by atoms with Crippen LogP contribution < -0.4 is 0 Å². The van der Waals surface area contributed by atoms with Gasteiger partial charge in [0.2, 0.25) is 0 Å². The lowest BCUT2D eigenvalue weighted by atomic mass is 10.1. The van der Waals surface area contributed by atoms with Gasteiger partial charge in [0.1, 0.15) is 11.4 Å². The smallest absolute Gasteiger partial charge is 0.353 e. The van der Waals surface area contributed by atoms with E-state index in [0.29, 0.717) is 5.69 Å². The molecule has 20 heavy (non-hydrogen) atoms. The lowest BCUT2D eigenvalue weighted by Crippen LogP contribution is -1.95. The molecule has 0 saturated heterocycles. The standard InChI is InChI=1S/C14H13N3O3/c1-7-13(10-6-11(14(19)20)16-15-10)9-5-8(18)3-4-12(9)17(7)2/h3-6,18H,1-2H3,(H,15,16)(H,19,20). The van der Waals surface area contributed by atoms with E-state index in [-0.39, 0.29) is 11.4 Å². The topological polar surface area (TPSA) is 91.1 Å². The van der Waals surface area contributed by atoms with Crippen molar-refractivity contribution in [1.82, 2.24) is 14.8 Å². The number of aromatic carboxylic acids is 1. The summed E-state index contributed by atoms with van der Waals surface area (Å²) in [6, 6.07) is 6.60. The third kappa shape index (κ3) is 1.65. The molecule has 0 aliphatic rings. The van der Waals surface area contributed by atoms with Gasteiger partial charge in [0.25, 0.3) is 0 Å². The summed E-state index contributed by atoms with van der Waals surface area (Å²) >= 11 is 0. The Morgan fingerprint density at radius 2 is 2.10 bits per heavy atom. The van der Waals surface area contributed by atoms with Gasteiger partial charge in [-0.25, -0.2) is 4.79 Å². The molecule has 0 radical (unpaired) electrons. The maximum atomic E-state index is 10.9. The van der Waals surface area contributed by atoms with Gasteiger partial charge in [-0.2, -0.15) is 5.10 Å². The number of H-pyrrole nitrogens is 1. The van der Waals surface area contributed by atoms with Crippen molar-refractivity contribution in [3.63, 3.8) is 0 Å². The average molecular weight is 271 g/mol. The molecule has 3 rings (SSSR count). The molecular weight excluding hydrogens is 258 g/mol. The van der Waals surface area contributed by atoms with Crippen molar-refractivity contribution in [2.75, 3.05) is 0 Å². The van der Waals surface area contributed by atoms with Crippen LogP contribution in [0.1, 0.15) is 16.2 Å². The molecule has 102 valence electrons. The van der Waals surface area contributed by atoms with Crippen molar-refractivity contribution in [2.45, 2.75) is 6.92 Å². The molecule has 6 nitrogen and oxygen atoms in total. The Morgan fingerprint density at radius 3 is 2.75 bits per heavy atom. The second-order valence-corrected chi connectivity index (χ2v) is 4.69. The number of phenolic OH excluding ortho intramolecular Hbond substituents is 1. The van der Waals surface area contributed by atoms with E-state index in [1.807, 2.05) is 24.6 Å². The molecule has 0 spiro atoms. The van der Waals surface area contributed by atoms with Crippen LogP contribution in [0.15, 0.2) is 24.3 Å². The highest BCUT2D eigenvalue weighted by atomic mass is 16.4. The number of nitrogens with zero attached hydrogens (tertiary/aromatic N) is 2. The number of carbonyl (C=O) groups is 1. The van der Waals surface area contributed by atoms with Crippen molar-refractivity contribution in [3.8, 4) is 17.0 Å². The van der Waals surface area contributed by atoms with Crippen molar-refractivity contribution in [3.05, 3.63) is 35.7 Å². The zero-order chi connectivity index (χ0) is 14.4. The quantitative estimate of drug-likeness (QED) is 0.666. The Bertz CT molecular complexity index is 830. The molecule has 3 N–H and O–H groups in total. The molecule has 2 heterocycles. The Balaban J connectivity index is 2.31. The van der Waals surface area contributed by atoms with Crippen LogP contribution in [0.5, 0.6) is 5.75 Å². The minimum absolute atomic E-state index is 0.0385. The molecule has 0 saturated carbocycles. The van der Waals surface area contributed by atoms with Crippen LogP contribution in [0.4, 0.5) is 0 Å². The summed E-state index contributed by atoms with van der Waals surface area (Å²) < 4.78 is 1.99. The predicted octanol–water partition coefficient (Wildman–Crippen LogP) is 2.28. The molecule has 0 aliphatic heterocycles. The Morgan fingerprint density at radius 1 is 1.35 bits per heavy atom. The molecular formula is C14H13N3O3. The van der Waals surface area contributed by atoms with Crippen molar-refractivity contribution in [2.24, 2.45) is 7.05 Å². The number of fused-ring (bicyclic) bond motifs is 1. The summed E-state index contributed by atoms with van der Waals surface area (Å²) in [7, 11) is 1.92. The van der Waals surface area contributed by atoms with Crippen molar-refractivity contribution < 1.29 is 15.0 Å². The fourth-order valence-corrected chi connectivity index (χ4v) is 2.44. The zero-order valence-electron chi connectivity index (χ0n) is 11.0. The van der Waals surface area contributed by atoms with Crippen molar-refractivity contribution >= 4 is 16.9 Å². The van der Waals surface area contributed by atoms with Gasteiger partial charge in [-0.15, -0.1) is 0 Å². The van der Waals surface area contributed by atoms with Gasteiger partial charge < -0.3 is 14.8 Å². The average Bonchev–Trinajstić information content (AvgIpc) is 2.95. The minimum atomic E-state index is -1.05. The number of benzene rings is 1. The second-order valence-electron chi connectivity index (χ2n) is 4.69. The van der Waals surface area contributed by atoms with E-state index < -0.39 is 5.97 Å². The van der Waals surface area contributed by atoms with Crippen LogP contribution in [0, 0.1) is 6.92 Å². The molecule has 0 amide bonds. The molecule has 6 heteroatoms. The van der Waals surface area contributed by atoms with Crippen LogP contribution in [-0.4, -0.2) is 30.9 Å². The van der Waals surface area contributed by atoms with Crippen LogP contribution in [0.2, 0.25) is 0 Å². The van der Waals surface area contributed by atoms with E-state index in [1.54, 1.807) is 12.1 Å². The van der Waals surface area contributed by atoms with E-state index in [2.05, 4.69) is 10.2 Å². The minimum Gasteiger partial charge on any atom is -0.508 e. The molecule has 0 unspecified atom stereocenters. The van der Waals surface area contributed by atoms with Crippen LogP contribution in [0.25, 0.3) is 22.2 Å². The number of carboxylic acid groups (broad SMARTS) is 1. The summed E-state index contributed by atoms with van der Waals surface area (Å²) in [5.41, 5.74) is 3.32. The third-order valence-electron chi connectivity index (χ3n) is 3.54. The molecule has 1 aromatic carbocycles. The molecule has 0 aliphatic carbocycles. The van der Waals surface area contributed by atoms with Crippen LogP contribution >= 0.6 is 0 Å². The SMILES string of the molecule is Cc1c(-c2cc(C(=O)O)[nH]n2)c2cc(O)ccc2n1C. The fraction of sp³-hybridized carbons (Fsp3) is 0.143. The first-order valence-electron chi connectivity index (χ1n) is 6.06. The Labute approximate surface area is 114 Å². The van der Waals surface area contributed by atoms with E-state index in [4.69, 9.17) is 5.11 Å². The maximum Gasteiger partial charge on any atom is 0.353 e. The number of hydrogen-bond acceptors (Lipinski definition) is 3. The highest BCUT2D eigenvalue weighted by Gasteiger charge is 2.18. The molecule has 0 atom stereocenters. The van der Waals surface area contributed by atoms with Crippen LogP contribution in [-0.2, 0) is 7.05 Å². The molecule has 0 bridgehead atoms. The number of aromatic amines is 1. The summed E-state index contributed by atoms with van der Waals surface area (Å²) in [5, 5.41) is 26.0. The summed E-state index contributed by atoms with van der Waals surface area (Å²) in [5.74, 6) is -0.886. The van der Waals surface area contributed by atoms with Crippen molar-refractivity contribution in [1.29, 1.82) is 0 Å². The van der Waals surface area contributed by atoms with Gasteiger partial charge in [-0.05, 0) is 31.2 Å². The number of nitrogens with one attached hydrogen (secondary N) is 1. The zero-order valence-corrected chi connectivity index (χ0v) is 11.0. The van der Waals surface area contributed by atoms with E-state index in [1.165, 1.54) is 6.07 Å². The van der Waals surface area contributed by atoms with Gasteiger partial charge in [0.05, 0.1) is 5.69 Å². The van der Waals surface area contributed by atoms with Gasteiger partial charge in [-0.1, -0.05) is 0 Å². The van der Waals surface area contributed by atoms with E-state index in [9.17, 15) is 9.90 Å². The summed E-state index contributed by atoms with van der Waals surface area (Å²) in [6.45, 7) is 1.93. The normalized spacial score (nSPS) is 11.1. The molecule has 0 fully saturated rings. The number of aryl methyl sites for hydroxylation is 1. The third-order valence-corrected chi connectivity index (χ3v) is 3.54. The maximum absolute atomic E-state index is 10.9. The van der Waals surface area contributed by atoms with E-state index in [0.717, 1.165) is 22.2 Å². The summed E-state index contributed by atoms with van der Waals surface area (Å²) in [6.07, 6.45) is 0. The van der Waals surface area contributed by atoms with Gasteiger partial charge in [0.15, 0.2) is 0 Å². The van der Waals surface area contributed by atoms with E-state index >= 15 is 0 Å². The number of carboxylic acids is 1. The lowest BCUT2D eigenvalue weighted by Gasteiger charge is -1.98. The first-order chi connectivity index (χ1) is 9.49. The number of rotatable bonds is 2. The molecule has 2 aromatic heterocycles. The fourth-order valence-electron chi connectivity index (χ4n) is 2.44. The second kappa shape index (κ2) is 4.12. The molecule has 3 aromatic rings. The van der Waals surface area contributed by atoms with Gasteiger partial charge >= 0.3 is 5.97 Å². The highest BCUT2D eigenvalue weighted by molar-refractivity contribution is 5.99. The predicted molar refractivity (Wildman–Crippen MR) is 73.9 cm³/mol. The van der Waals surface area contributed by atoms with Gasteiger partial charge in [-0.3, -0.25) is 5.10 Å².